The number of H-pyrrole nitrogens is 1. The SMILES string of the molecule is O=C(Nc1ccc(Oc2ccnc3[nH]c(=O)c4ccccc4c23)cc1)c1cc(Cl)cnc1Cl. The van der Waals surface area contributed by atoms with Crippen LogP contribution in [0, 0.1) is 0 Å². The molecular formula is C24H14Cl2N4O3. The molecule has 0 spiro atoms. The van der Waals surface area contributed by atoms with Gasteiger partial charge in [0.15, 0.2) is 0 Å². The zero-order valence-corrected chi connectivity index (χ0v) is 18.3. The molecule has 1 amide bonds. The molecule has 2 N–H and O–H groups in total. The molecule has 0 aliphatic heterocycles. The standard InChI is InChI=1S/C24H14Cl2N4O3/c25-13-11-18(21(26)28-12-13)24(32)29-14-5-7-15(8-6-14)33-19-9-10-27-22-20(19)16-3-1-2-4-17(16)23(31)30-22/h1-12H,(H,29,32)(H,27,30,31). The molecular weight excluding hydrogens is 463 g/mol. The number of hydrogen-bond donors (Lipinski definition) is 2. The summed E-state index contributed by atoms with van der Waals surface area (Å²) in [6.07, 6.45) is 2.94. The van der Waals surface area contributed by atoms with Gasteiger partial charge in [0.1, 0.15) is 22.3 Å². The second kappa shape index (κ2) is 8.54. The van der Waals surface area contributed by atoms with Crippen LogP contribution < -0.4 is 15.6 Å². The van der Waals surface area contributed by atoms with E-state index in [0.717, 1.165) is 5.39 Å². The maximum absolute atomic E-state index is 12.5. The van der Waals surface area contributed by atoms with Gasteiger partial charge in [0.05, 0.1) is 16.0 Å². The molecule has 0 aliphatic carbocycles. The molecule has 5 rings (SSSR count). The van der Waals surface area contributed by atoms with Crippen molar-refractivity contribution in [2.45, 2.75) is 0 Å². The average molecular weight is 477 g/mol. The molecule has 162 valence electrons. The van der Waals surface area contributed by atoms with Crippen LogP contribution in [0.4, 0.5) is 5.69 Å². The highest BCUT2D eigenvalue weighted by Gasteiger charge is 2.14. The first-order chi connectivity index (χ1) is 16.0. The molecule has 5 aromatic rings. The van der Waals surface area contributed by atoms with Crippen molar-refractivity contribution in [3.63, 3.8) is 0 Å². The molecule has 0 atom stereocenters. The first-order valence-corrected chi connectivity index (χ1v) is 10.6. The Morgan fingerprint density at radius 2 is 1.73 bits per heavy atom. The van der Waals surface area contributed by atoms with Crippen LogP contribution in [0.3, 0.4) is 0 Å². The Balaban J connectivity index is 1.43. The van der Waals surface area contributed by atoms with E-state index >= 15 is 0 Å². The topological polar surface area (TPSA) is 97.0 Å². The van der Waals surface area contributed by atoms with Crippen LogP contribution in [0.5, 0.6) is 11.5 Å². The zero-order valence-electron chi connectivity index (χ0n) is 16.8. The van der Waals surface area contributed by atoms with E-state index in [2.05, 4.69) is 20.3 Å². The number of nitrogens with one attached hydrogen (secondary N) is 2. The molecule has 2 aromatic carbocycles. The van der Waals surface area contributed by atoms with Crippen LogP contribution in [-0.2, 0) is 0 Å². The number of hydrogen-bond acceptors (Lipinski definition) is 5. The number of halogens is 2. The second-order valence-corrected chi connectivity index (χ2v) is 7.90. The van der Waals surface area contributed by atoms with Crippen LogP contribution in [0.15, 0.2) is 77.9 Å². The Morgan fingerprint density at radius 3 is 2.52 bits per heavy atom. The van der Waals surface area contributed by atoms with Crippen molar-refractivity contribution in [1.29, 1.82) is 0 Å². The van der Waals surface area contributed by atoms with Crippen molar-refractivity contribution in [2.24, 2.45) is 0 Å². The Bertz CT molecular complexity index is 1580. The number of amides is 1. The summed E-state index contributed by atoms with van der Waals surface area (Å²) in [5, 5.41) is 5.12. The van der Waals surface area contributed by atoms with E-state index < -0.39 is 5.91 Å². The fraction of sp³-hybridized carbons (Fsp3) is 0. The predicted octanol–water partition coefficient (Wildman–Crippen LogP) is 5.82. The number of fused-ring (bicyclic) bond motifs is 3. The minimum atomic E-state index is -0.431. The maximum Gasteiger partial charge on any atom is 0.258 e. The van der Waals surface area contributed by atoms with Gasteiger partial charge in [-0.15, -0.1) is 0 Å². The van der Waals surface area contributed by atoms with E-state index in [1.165, 1.54) is 12.3 Å². The number of benzene rings is 2. The van der Waals surface area contributed by atoms with Gasteiger partial charge < -0.3 is 15.0 Å². The second-order valence-electron chi connectivity index (χ2n) is 7.10. The summed E-state index contributed by atoms with van der Waals surface area (Å²) < 4.78 is 6.10. The van der Waals surface area contributed by atoms with Crippen LogP contribution in [-0.4, -0.2) is 20.9 Å². The van der Waals surface area contributed by atoms with Crippen molar-refractivity contribution < 1.29 is 9.53 Å². The number of carbonyl (C=O) groups is 1. The van der Waals surface area contributed by atoms with Gasteiger partial charge in [-0.3, -0.25) is 9.59 Å². The van der Waals surface area contributed by atoms with Crippen LogP contribution in [0.1, 0.15) is 10.4 Å². The lowest BCUT2D eigenvalue weighted by molar-refractivity contribution is 0.102. The first kappa shape index (κ1) is 20.9. The molecule has 0 radical (unpaired) electrons. The molecule has 9 heteroatoms. The van der Waals surface area contributed by atoms with Gasteiger partial charge in [0, 0.05) is 28.9 Å². The third-order valence-electron chi connectivity index (χ3n) is 4.98. The zero-order chi connectivity index (χ0) is 22.9. The Morgan fingerprint density at radius 1 is 0.970 bits per heavy atom. The van der Waals surface area contributed by atoms with Gasteiger partial charge in [0.2, 0.25) is 0 Å². The van der Waals surface area contributed by atoms with Crippen molar-refractivity contribution in [2.75, 3.05) is 5.32 Å². The lowest BCUT2D eigenvalue weighted by Crippen LogP contribution is -2.13. The highest BCUT2D eigenvalue weighted by atomic mass is 35.5. The summed E-state index contributed by atoms with van der Waals surface area (Å²) in [4.78, 5) is 35.8. The van der Waals surface area contributed by atoms with Gasteiger partial charge in [-0.2, -0.15) is 0 Å². The first-order valence-electron chi connectivity index (χ1n) is 9.79. The number of aromatic amines is 1. The number of ether oxygens (including phenoxy) is 1. The van der Waals surface area contributed by atoms with E-state index in [1.54, 1.807) is 48.7 Å². The smallest absolute Gasteiger partial charge is 0.258 e. The summed E-state index contributed by atoms with van der Waals surface area (Å²) >= 11 is 11.9. The van der Waals surface area contributed by atoms with Gasteiger partial charge in [0.25, 0.3) is 11.5 Å². The van der Waals surface area contributed by atoms with Gasteiger partial charge >= 0.3 is 0 Å². The Labute approximate surface area is 197 Å². The molecule has 33 heavy (non-hydrogen) atoms. The van der Waals surface area contributed by atoms with Crippen LogP contribution >= 0.6 is 23.2 Å². The van der Waals surface area contributed by atoms with Gasteiger partial charge in [-0.1, -0.05) is 41.4 Å². The summed E-state index contributed by atoms with van der Waals surface area (Å²) in [6, 6.07) is 17.3. The largest absolute Gasteiger partial charge is 0.457 e. The molecule has 0 saturated carbocycles. The fourth-order valence-corrected chi connectivity index (χ4v) is 3.82. The minimum Gasteiger partial charge on any atom is -0.457 e. The average Bonchev–Trinajstić information content (AvgIpc) is 2.82. The summed E-state index contributed by atoms with van der Waals surface area (Å²) in [5.41, 5.74) is 0.941. The number of rotatable bonds is 4. The van der Waals surface area contributed by atoms with E-state index in [-0.39, 0.29) is 16.3 Å². The molecule has 0 unspecified atom stereocenters. The third-order valence-corrected chi connectivity index (χ3v) is 5.48. The van der Waals surface area contributed by atoms with Gasteiger partial charge in [-0.05, 0) is 42.5 Å². The van der Waals surface area contributed by atoms with E-state index in [9.17, 15) is 9.59 Å². The Kier molecular flexibility index (Phi) is 5.42. The van der Waals surface area contributed by atoms with Gasteiger partial charge in [-0.25, -0.2) is 9.97 Å². The summed E-state index contributed by atoms with van der Waals surface area (Å²) in [7, 11) is 0. The fourth-order valence-electron chi connectivity index (χ4n) is 3.47. The number of anilines is 1. The van der Waals surface area contributed by atoms with Crippen LogP contribution in [0.25, 0.3) is 21.8 Å². The van der Waals surface area contributed by atoms with Crippen molar-refractivity contribution in [3.05, 3.63) is 99.2 Å². The maximum atomic E-state index is 12.5. The number of carbonyl (C=O) groups excluding carboxylic acids is 1. The molecule has 0 fully saturated rings. The normalized spacial score (nSPS) is 11.0. The van der Waals surface area contributed by atoms with E-state index in [1.807, 2.05) is 12.1 Å². The number of pyridine rings is 3. The van der Waals surface area contributed by atoms with Crippen LogP contribution in [0.2, 0.25) is 10.2 Å². The molecule has 7 nitrogen and oxygen atoms in total. The minimum absolute atomic E-state index is 0.0617. The Hall–Kier alpha value is -3.94. The number of aromatic nitrogens is 3. The summed E-state index contributed by atoms with van der Waals surface area (Å²) in [5.74, 6) is 0.651. The van der Waals surface area contributed by atoms with Crippen molar-refractivity contribution in [3.8, 4) is 11.5 Å². The highest BCUT2D eigenvalue weighted by molar-refractivity contribution is 6.35. The third kappa shape index (κ3) is 4.11. The monoisotopic (exact) mass is 476 g/mol. The number of nitrogens with zero attached hydrogens (tertiary/aromatic N) is 2. The highest BCUT2D eigenvalue weighted by Crippen LogP contribution is 2.32. The van der Waals surface area contributed by atoms with E-state index in [0.29, 0.717) is 38.6 Å². The molecule has 0 aliphatic rings. The summed E-state index contributed by atoms with van der Waals surface area (Å²) in [6.45, 7) is 0. The predicted molar refractivity (Wildman–Crippen MR) is 129 cm³/mol. The quantitative estimate of drug-likeness (QED) is 0.251. The molecule has 0 bridgehead atoms. The lowest BCUT2D eigenvalue weighted by atomic mass is 10.1. The molecule has 3 heterocycles. The van der Waals surface area contributed by atoms with Crippen molar-refractivity contribution >= 4 is 56.6 Å². The van der Waals surface area contributed by atoms with Crippen molar-refractivity contribution in [1.82, 2.24) is 15.0 Å². The lowest BCUT2D eigenvalue weighted by Gasteiger charge is -2.11. The molecule has 3 aromatic heterocycles. The molecule has 0 saturated heterocycles. The van der Waals surface area contributed by atoms with E-state index in [4.69, 9.17) is 27.9 Å².